The SMILES string of the molecule is CNC(=O)[C@@H]1CCN(C(=O)Cn2nc(C)cc2C)C1. The molecule has 1 atom stereocenters. The standard InChI is InChI=1S/C13H20N4O2/c1-9-6-10(2)17(15-9)8-12(18)16-5-4-11(7-16)13(19)14-3/h6,11H,4-5,7-8H2,1-3H3,(H,14,19)/t11-/m1/s1. The van der Waals surface area contributed by atoms with Crippen LogP contribution in [0.4, 0.5) is 0 Å². The molecule has 1 N–H and O–H groups in total. The third kappa shape index (κ3) is 2.94. The van der Waals surface area contributed by atoms with E-state index in [0.29, 0.717) is 13.1 Å². The van der Waals surface area contributed by atoms with Crippen LogP contribution in [0.1, 0.15) is 17.8 Å². The molecule has 1 aliphatic heterocycles. The molecular formula is C13H20N4O2. The van der Waals surface area contributed by atoms with E-state index in [0.717, 1.165) is 17.8 Å². The van der Waals surface area contributed by atoms with Gasteiger partial charge in [-0.2, -0.15) is 5.10 Å². The zero-order valence-corrected chi connectivity index (χ0v) is 11.6. The predicted octanol–water partition coefficient (Wildman–Crippen LogP) is 0.0944. The molecule has 19 heavy (non-hydrogen) atoms. The lowest BCUT2D eigenvalue weighted by Gasteiger charge is -2.16. The number of amides is 2. The fraction of sp³-hybridized carbons (Fsp3) is 0.615. The average molecular weight is 264 g/mol. The highest BCUT2D eigenvalue weighted by Gasteiger charge is 2.30. The summed E-state index contributed by atoms with van der Waals surface area (Å²) in [6.07, 6.45) is 0.739. The van der Waals surface area contributed by atoms with Crippen molar-refractivity contribution in [1.29, 1.82) is 0 Å². The van der Waals surface area contributed by atoms with Gasteiger partial charge in [0.2, 0.25) is 11.8 Å². The van der Waals surface area contributed by atoms with Crippen molar-refractivity contribution in [3.8, 4) is 0 Å². The number of hydrogen-bond donors (Lipinski definition) is 1. The number of nitrogens with one attached hydrogen (secondary N) is 1. The Hall–Kier alpha value is -1.85. The van der Waals surface area contributed by atoms with E-state index in [-0.39, 0.29) is 24.3 Å². The van der Waals surface area contributed by atoms with Gasteiger partial charge in [-0.25, -0.2) is 0 Å². The molecule has 0 unspecified atom stereocenters. The topological polar surface area (TPSA) is 67.2 Å². The van der Waals surface area contributed by atoms with Crippen LogP contribution in [-0.2, 0) is 16.1 Å². The van der Waals surface area contributed by atoms with Crippen LogP contribution in [0.3, 0.4) is 0 Å². The molecule has 0 radical (unpaired) electrons. The van der Waals surface area contributed by atoms with Gasteiger partial charge in [0, 0.05) is 25.8 Å². The van der Waals surface area contributed by atoms with Gasteiger partial charge in [-0.05, 0) is 26.3 Å². The summed E-state index contributed by atoms with van der Waals surface area (Å²) in [5, 5.41) is 6.92. The van der Waals surface area contributed by atoms with Crippen molar-refractivity contribution >= 4 is 11.8 Å². The van der Waals surface area contributed by atoms with Crippen LogP contribution in [0.5, 0.6) is 0 Å². The van der Waals surface area contributed by atoms with Crippen LogP contribution < -0.4 is 5.32 Å². The van der Waals surface area contributed by atoms with E-state index in [1.807, 2.05) is 19.9 Å². The summed E-state index contributed by atoms with van der Waals surface area (Å²) in [6.45, 7) is 5.25. The maximum absolute atomic E-state index is 12.2. The number of aryl methyl sites for hydroxylation is 2. The maximum Gasteiger partial charge on any atom is 0.244 e. The van der Waals surface area contributed by atoms with E-state index in [1.54, 1.807) is 16.6 Å². The van der Waals surface area contributed by atoms with Crippen LogP contribution in [0.2, 0.25) is 0 Å². The number of carbonyl (C=O) groups is 2. The number of nitrogens with zero attached hydrogens (tertiary/aromatic N) is 3. The molecule has 0 bridgehead atoms. The fourth-order valence-corrected chi connectivity index (χ4v) is 2.47. The average Bonchev–Trinajstić information content (AvgIpc) is 2.96. The van der Waals surface area contributed by atoms with Crippen molar-refractivity contribution in [2.24, 2.45) is 5.92 Å². The van der Waals surface area contributed by atoms with Gasteiger partial charge in [-0.3, -0.25) is 14.3 Å². The maximum atomic E-state index is 12.2. The van der Waals surface area contributed by atoms with E-state index in [1.165, 1.54) is 0 Å². The molecule has 1 fully saturated rings. The summed E-state index contributed by atoms with van der Waals surface area (Å²) in [6, 6.07) is 1.95. The van der Waals surface area contributed by atoms with Gasteiger partial charge >= 0.3 is 0 Å². The van der Waals surface area contributed by atoms with Crippen LogP contribution in [-0.4, -0.2) is 46.6 Å². The zero-order valence-electron chi connectivity index (χ0n) is 11.6. The van der Waals surface area contributed by atoms with Crippen LogP contribution >= 0.6 is 0 Å². The van der Waals surface area contributed by atoms with E-state index in [2.05, 4.69) is 10.4 Å². The van der Waals surface area contributed by atoms with Gasteiger partial charge in [0.25, 0.3) is 0 Å². The summed E-state index contributed by atoms with van der Waals surface area (Å²) in [5.74, 6) is -0.0339. The summed E-state index contributed by atoms with van der Waals surface area (Å²) < 4.78 is 1.71. The molecule has 1 aromatic heterocycles. The van der Waals surface area contributed by atoms with Crippen molar-refractivity contribution < 1.29 is 9.59 Å². The first-order valence-electron chi connectivity index (χ1n) is 6.51. The van der Waals surface area contributed by atoms with Crippen LogP contribution in [0, 0.1) is 19.8 Å². The van der Waals surface area contributed by atoms with E-state index in [4.69, 9.17) is 0 Å². The molecular weight excluding hydrogens is 244 g/mol. The predicted molar refractivity (Wildman–Crippen MR) is 70.5 cm³/mol. The van der Waals surface area contributed by atoms with Crippen LogP contribution in [0.25, 0.3) is 0 Å². The highest BCUT2D eigenvalue weighted by molar-refractivity contribution is 5.81. The number of hydrogen-bond acceptors (Lipinski definition) is 3. The molecule has 1 aliphatic rings. The number of aromatic nitrogens is 2. The summed E-state index contributed by atoms with van der Waals surface area (Å²) in [5.41, 5.74) is 1.89. The molecule has 104 valence electrons. The number of carbonyl (C=O) groups excluding carboxylic acids is 2. The minimum Gasteiger partial charge on any atom is -0.359 e. The van der Waals surface area contributed by atoms with Gasteiger partial charge in [0.1, 0.15) is 6.54 Å². The van der Waals surface area contributed by atoms with Crippen molar-refractivity contribution in [3.63, 3.8) is 0 Å². The molecule has 6 nitrogen and oxygen atoms in total. The second-order valence-corrected chi connectivity index (χ2v) is 5.02. The Labute approximate surface area is 112 Å². The molecule has 2 rings (SSSR count). The third-order valence-electron chi connectivity index (χ3n) is 3.55. The normalized spacial score (nSPS) is 18.7. The minimum atomic E-state index is -0.0746. The molecule has 0 aromatic carbocycles. The lowest BCUT2D eigenvalue weighted by molar-refractivity contribution is -0.131. The van der Waals surface area contributed by atoms with E-state index >= 15 is 0 Å². The molecule has 2 heterocycles. The lowest BCUT2D eigenvalue weighted by Crippen LogP contribution is -2.35. The zero-order chi connectivity index (χ0) is 14.0. The Morgan fingerprint density at radius 2 is 2.21 bits per heavy atom. The van der Waals surface area contributed by atoms with Gasteiger partial charge in [0.15, 0.2) is 0 Å². The Bertz CT molecular complexity index is 495. The molecule has 0 aliphatic carbocycles. The van der Waals surface area contributed by atoms with E-state index < -0.39 is 0 Å². The molecule has 0 spiro atoms. The van der Waals surface area contributed by atoms with Gasteiger partial charge in [-0.1, -0.05) is 0 Å². The monoisotopic (exact) mass is 264 g/mol. The van der Waals surface area contributed by atoms with Crippen molar-refractivity contribution in [3.05, 3.63) is 17.5 Å². The Balaban J connectivity index is 1.95. The summed E-state index contributed by atoms with van der Waals surface area (Å²) in [4.78, 5) is 25.4. The summed E-state index contributed by atoms with van der Waals surface area (Å²) in [7, 11) is 1.63. The van der Waals surface area contributed by atoms with Gasteiger partial charge in [-0.15, -0.1) is 0 Å². The molecule has 0 saturated carbocycles. The van der Waals surface area contributed by atoms with Gasteiger partial charge in [0.05, 0.1) is 11.6 Å². The summed E-state index contributed by atoms with van der Waals surface area (Å²) >= 11 is 0. The highest BCUT2D eigenvalue weighted by atomic mass is 16.2. The lowest BCUT2D eigenvalue weighted by atomic mass is 10.1. The largest absolute Gasteiger partial charge is 0.359 e. The number of rotatable bonds is 3. The molecule has 1 aromatic rings. The molecule has 6 heteroatoms. The second kappa shape index (κ2) is 5.42. The Morgan fingerprint density at radius 1 is 1.47 bits per heavy atom. The second-order valence-electron chi connectivity index (χ2n) is 5.02. The van der Waals surface area contributed by atoms with Gasteiger partial charge < -0.3 is 10.2 Å². The number of likely N-dealkylation sites (tertiary alicyclic amines) is 1. The molecule has 2 amide bonds. The van der Waals surface area contributed by atoms with E-state index in [9.17, 15) is 9.59 Å². The third-order valence-corrected chi connectivity index (χ3v) is 3.55. The Kier molecular flexibility index (Phi) is 3.87. The highest BCUT2D eigenvalue weighted by Crippen LogP contribution is 2.17. The quantitative estimate of drug-likeness (QED) is 0.841. The smallest absolute Gasteiger partial charge is 0.244 e. The first kappa shape index (κ1) is 13.6. The van der Waals surface area contributed by atoms with Crippen molar-refractivity contribution in [2.75, 3.05) is 20.1 Å². The molecule has 1 saturated heterocycles. The first-order valence-corrected chi connectivity index (χ1v) is 6.51. The van der Waals surface area contributed by atoms with Crippen LogP contribution in [0.15, 0.2) is 6.07 Å². The first-order chi connectivity index (χ1) is 9.01. The van der Waals surface area contributed by atoms with Crippen molar-refractivity contribution in [1.82, 2.24) is 20.0 Å². The fourth-order valence-electron chi connectivity index (χ4n) is 2.47. The Morgan fingerprint density at radius 3 is 2.79 bits per heavy atom. The van der Waals surface area contributed by atoms with Crippen molar-refractivity contribution in [2.45, 2.75) is 26.8 Å². The minimum absolute atomic E-state index is 0.0152.